The van der Waals surface area contributed by atoms with Gasteiger partial charge in [-0.25, -0.2) is 4.79 Å². The van der Waals surface area contributed by atoms with Gasteiger partial charge in [-0.3, -0.25) is 0 Å². The fourth-order valence-corrected chi connectivity index (χ4v) is 1.23. The lowest BCUT2D eigenvalue weighted by molar-refractivity contribution is 0.472. The Bertz CT molecular complexity index is 546. The number of H-pyrrole nitrogens is 1. The van der Waals surface area contributed by atoms with E-state index in [1.807, 2.05) is 0 Å². The maximum atomic E-state index is 10.9. The molecule has 0 aliphatic rings. The molecule has 0 spiro atoms. The van der Waals surface area contributed by atoms with Gasteiger partial charge in [0.15, 0.2) is 5.75 Å². The van der Waals surface area contributed by atoms with Crippen LogP contribution in [0.15, 0.2) is 35.3 Å². The van der Waals surface area contributed by atoms with E-state index >= 15 is 0 Å². The molecule has 5 heteroatoms. The normalized spacial score (nSPS) is 10.1. The average Bonchev–Trinajstić information content (AvgIpc) is 2.25. The molecule has 0 aliphatic heterocycles. The quantitative estimate of drug-likeness (QED) is 0.746. The third-order valence-electron chi connectivity index (χ3n) is 2.07. The lowest BCUT2D eigenvalue weighted by atomic mass is 10.3. The van der Waals surface area contributed by atoms with Crippen molar-refractivity contribution in [2.45, 2.75) is 6.92 Å². The number of nitrogens with two attached hydrogens (primary N) is 1. The minimum absolute atomic E-state index is 0.387. The summed E-state index contributed by atoms with van der Waals surface area (Å²) in [5.41, 5.74) is 6.47. The summed E-state index contributed by atoms with van der Waals surface area (Å²) >= 11 is 0. The molecule has 1 aromatic carbocycles. The number of aryl methyl sites for hydroxylation is 1. The first kappa shape index (κ1) is 10.2. The molecule has 0 radical (unpaired) electrons. The molecule has 0 fully saturated rings. The number of nitrogens with zero attached hydrogens (tertiary/aromatic N) is 1. The van der Waals surface area contributed by atoms with E-state index in [-0.39, 0.29) is 5.69 Å². The molecule has 1 heterocycles. The van der Waals surface area contributed by atoms with E-state index in [0.29, 0.717) is 22.9 Å². The Kier molecular flexibility index (Phi) is 2.59. The summed E-state index contributed by atoms with van der Waals surface area (Å²) in [7, 11) is 0. The van der Waals surface area contributed by atoms with E-state index in [9.17, 15) is 4.79 Å². The number of nitrogen functional groups attached to an aromatic ring is 1. The molecule has 2 aromatic rings. The molecule has 82 valence electrons. The van der Waals surface area contributed by atoms with Crippen LogP contribution in [0, 0.1) is 6.92 Å². The first-order valence-corrected chi connectivity index (χ1v) is 4.74. The highest BCUT2D eigenvalue weighted by molar-refractivity contribution is 5.43. The van der Waals surface area contributed by atoms with E-state index < -0.39 is 0 Å². The molecular weight excluding hydrogens is 206 g/mol. The summed E-state index contributed by atoms with van der Waals surface area (Å²) in [6.45, 7) is 1.75. The van der Waals surface area contributed by atoms with Gasteiger partial charge in [0.25, 0.3) is 0 Å². The first-order valence-electron chi connectivity index (χ1n) is 4.74. The van der Waals surface area contributed by atoms with Gasteiger partial charge in [-0.15, -0.1) is 0 Å². The molecule has 0 aliphatic carbocycles. The van der Waals surface area contributed by atoms with Crippen LogP contribution in [-0.4, -0.2) is 9.97 Å². The summed E-state index contributed by atoms with van der Waals surface area (Å²) < 4.78 is 5.53. The van der Waals surface area contributed by atoms with Crippen molar-refractivity contribution < 1.29 is 4.74 Å². The Balaban J connectivity index is 2.27. The zero-order chi connectivity index (χ0) is 11.5. The van der Waals surface area contributed by atoms with Gasteiger partial charge in [0.2, 0.25) is 0 Å². The van der Waals surface area contributed by atoms with Gasteiger partial charge in [-0.05, 0) is 31.2 Å². The number of ether oxygens (including phenoxy) is 1. The Hall–Kier alpha value is -2.30. The van der Waals surface area contributed by atoms with E-state index in [2.05, 4.69) is 9.97 Å². The highest BCUT2D eigenvalue weighted by Crippen LogP contribution is 2.22. The number of rotatable bonds is 2. The number of aromatic amines is 1. The second-order valence-corrected chi connectivity index (χ2v) is 3.35. The molecule has 3 N–H and O–H groups in total. The summed E-state index contributed by atoms with van der Waals surface area (Å²) in [6.07, 6.45) is 1.39. The third kappa shape index (κ3) is 2.20. The molecule has 16 heavy (non-hydrogen) atoms. The fraction of sp³-hybridized carbons (Fsp3) is 0.0909. The van der Waals surface area contributed by atoms with Gasteiger partial charge in [0, 0.05) is 5.69 Å². The van der Waals surface area contributed by atoms with Crippen LogP contribution in [0.3, 0.4) is 0 Å². The monoisotopic (exact) mass is 217 g/mol. The largest absolute Gasteiger partial charge is 0.454 e. The molecule has 0 bridgehead atoms. The Morgan fingerprint density at radius 1 is 1.31 bits per heavy atom. The molecule has 0 saturated heterocycles. The molecule has 0 unspecified atom stereocenters. The van der Waals surface area contributed by atoms with Gasteiger partial charge in [0.1, 0.15) is 5.75 Å². The van der Waals surface area contributed by atoms with Crippen LogP contribution in [0.2, 0.25) is 0 Å². The summed E-state index contributed by atoms with van der Waals surface area (Å²) in [5.74, 6) is 1.16. The average molecular weight is 217 g/mol. The number of aromatic nitrogens is 2. The summed E-state index contributed by atoms with van der Waals surface area (Å²) in [5, 5.41) is 0. The minimum Gasteiger partial charge on any atom is -0.454 e. The standard InChI is InChI=1S/C11H11N3O2/c1-7-10(6-13-11(15)14-7)16-9-4-2-8(12)3-5-9/h2-6H,12H2,1H3,(H,13,14,15). The lowest BCUT2D eigenvalue weighted by Crippen LogP contribution is -2.11. The van der Waals surface area contributed by atoms with Gasteiger partial charge >= 0.3 is 5.69 Å². The second kappa shape index (κ2) is 4.06. The summed E-state index contributed by atoms with van der Waals surface area (Å²) in [4.78, 5) is 17.0. The van der Waals surface area contributed by atoms with Crippen molar-refractivity contribution >= 4 is 5.69 Å². The Labute approximate surface area is 91.9 Å². The van der Waals surface area contributed by atoms with Crippen LogP contribution < -0.4 is 16.2 Å². The van der Waals surface area contributed by atoms with Crippen LogP contribution in [0.5, 0.6) is 11.5 Å². The fourth-order valence-electron chi connectivity index (χ4n) is 1.23. The number of hydrogen-bond acceptors (Lipinski definition) is 4. The van der Waals surface area contributed by atoms with Crippen molar-refractivity contribution in [1.29, 1.82) is 0 Å². The van der Waals surface area contributed by atoms with Crippen LogP contribution >= 0.6 is 0 Å². The maximum Gasteiger partial charge on any atom is 0.345 e. The molecule has 0 saturated carbocycles. The zero-order valence-corrected chi connectivity index (χ0v) is 8.73. The molecule has 0 amide bonds. The number of benzene rings is 1. The van der Waals surface area contributed by atoms with Crippen molar-refractivity contribution in [3.8, 4) is 11.5 Å². The van der Waals surface area contributed by atoms with Gasteiger partial charge < -0.3 is 15.5 Å². The van der Waals surface area contributed by atoms with E-state index in [1.54, 1.807) is 31.2 Å². The Morgan fingerprint density at radius 2 is 2.00 bits per heavy atom. The van der Waals surface area contributed by atoms with Gasteiger partial charge in [0.05, 0.1) is 11.9 Å². The Morgan fingerprint density at radius 3 is 2.62 bits per heavy atom. The smallest absolute Gasteiger partial charge is 0.345 e. The maximum absolute atomic E-state index is 10.9. The molecule has 2 rings (SSSR count). The molecular formula is C11H11N3O2. The van der Waals surface area contributed by atoms with Crippen molar-refractivity contribution in [3.05, 3.63) is 46.6 Å². The molecule has 0 atom stereocenters. The van der Waals surface area contributed by atoms with Gasteiger partial charge in [-0.1, -0.05) is 0 Å². The predicted octanol–water partition coefficient (Wildman–Crippen LogP) is 1.45. The molecule has 5 nitrogen and oxygen atoms in total. The van der Waals surface area contributed by atoms with Crippen molar-refractivity contribution in [2.24, 2.45) is 0 Å². The van der Waals surface area contributed by atoms with Gasteiger partial charge in [-0.2, -0.15) is 4.98 Å². The number of anilines is 1. The third-order valence-corrected chi connectivity index (χ3v) is 2.07. The predicted molar refractivity (Wildman–Crippen MR) is 60.5 cm³/mol. The summed E-state index contributed by atoms with van der Waals surface area (Å²) in [6, 6.07) is 6.98. The van der Waals surface area contributed by atoms with E-state index in [0.717, 1.165) is 0 Å². The molecule has 1 aromatic heterocycles. The first-order chi connectivity index (χ1) is 7.65. The number of hydrogen-bond donors (Lipinski definition) is 2. The highest BCUT2D eigenvalue weighted by atomic mass is 16.5. The van der Waals surface area contributed by atoms with E-state index in [4.69, 9.17) is 10.5 Å². The number of nitrogens with one attached hydrogen (secondary N) is 1. The van der Waals surface area contributed by atoms with E-state index in [1.165, 1.54) is 6.20 Å². The van der Waals surface area contributed by atoms with Crippen LogP contribution in [0.4, 0.5) is 5.69 Å². The SMILES string of the molecule is Cc1[nH]c(=O)ncc1Oc1ccc(N)cc1. The van der Waals surface area contributed by atoms with Crippen LogP contribution in [-0.2, 0) is 0 Å². The van der Waals surface area contributed by atoms with Crippen molar-refractivity contribution in [2.75, 3.05) is 5.73 Å². The lowest BCUT2D eigenvalue weighted by Gasteiger charge is -2.07. The minimum atomic E-state index is -0.387. The highest BCUT2D eigenvalue weighted by Gasteiger charge is 2.02. The zero-order valence-electron chi connectivity index (χ0n) is 8.73. The van der Waals surface area contributed by atoms with Crippen molar-refractivity contribution in [3.63, 3.8) is 0 Å². The van der Waals surface area contributed by atoms with Crippen molar-refractivity contribution in [1.82, 2.24) is 9.97 Å². The van der Waals surface area contributed by atoms with Crippen LogP contribution in [0.1, 0.15) is 5.69 Å². The van der Waals surface area contributed by atoms with Crippen LogP contribution in [0.25, 0.3) is 0 Å². The topological polar surface area (TPSA) is 81.0 Å². The second-order valence-electron chi connectivity index (χ2n) is 3.35.